The third-order valence-corrected chi connectivity index (χ3v) is 6.34. The second-order valence-electron chi connectivity index (χ2n) is 6.75. The van der Waals surface area contributed by atoms with E-state index >= 15 is 0 Å². The minimum atomic E-state index is -6.45. The summed E-state index contributed by atoms with van der Waals surface area (Å²) in [7, 11) is 0. The van der Waals surface area contributed by atoms with Gasteiger partial charge in [0.15, 0.2) is 0 Å². The van der Waals surface area contributed by atoms with Crippen molar-refractivity contribution in [1.82, 2.24) is 5.43 Å². The molecule has 3 rings (SSSR count). The molecule has 3 aromatic carbocycles. The fraction of sp³-hybridized carbons (Fsp3) is 0.190. The normalized spacial score (nSPS) is 13.1. The SMILES string of the molecule is FC(F)(F)C(F)(F)C(F)(F)N/N=C/c1ccc(SCc2ccc(Cl)c(Cl)c2)c2ccccc12. The second kappa shape index (κ2) is 9.60. The van der Waals surface area contributed by atoms with Gasteiger partial charge in [-0.25, -0.2) is 5.43 Å². The molecule has 0 saturated carbocycles. The van der Waals surface area contributed by atoms with E-state index in [0.29, 0.717) is 32.0 Å². The van der Waals surface area contributed by atoms with Crippen molar-refractivity contribution in [3.63, 3.8) is 0 Å². The Kier molecular flexibility index (Phi) is 7.40. The van der Waals surface area contributed by atoms with Crippen molar-refractivity contribution in [3.8, 4) is 0 Å². The predicted molar refractivity (Wildman–Crippen MR) is 117 cm³/mol. The smallest absolute Gasteiger partial charge is 0.242 e. The Bertz CT molecular complexity index is 1180. The number of nitrogens with zero attached hydrogens (tertiary/aromatic N) is 1. The van der Waals surface area contributed by atoms with Crippen molar-refractivity contribution in [3.05, 3.63) is 75.8 Å². The van der Waals surface area contributed by atoms with E-state index in [-0.39, 0.29) is 5.56 Å². The van der Waals surface area contributed by atoms with Crippen LogP contribution in [0.1, 0.15) is 11.1 Å². The summed E-state index contributed by atoms with van der Waals surface area (Å²) in [6, 6.07) is 9.52. The van der Waals surface area contributed by atoms with Crippen LogP contribution in [0.2, 0.25) is 10.0 Å². The highest BCUT2D eigenvalue weighted by Gasteiger charge is 2.73. The number of hydrogen-bond donors (Lipinski definition) is 1. The molecule has 3 aromatic rings. The van der Waals surface area contributed by atoms with E-state index in [0.717, 1.165) is 16.7 Å². The Morgan fingerprint density at radius 3 is 2.15 bits per heavy atom. The molecule has 1 N–H and O–H groups in total. The third-order valence-electron chi connectivity index (χ3n) is 4.46. The molecule has 0 unspecified atom stereocenters. The molecule has 176 valence electrons. The first kappa shape index (κ1) is 25.5. The van der Waals surface area contributed by atoms with Gasteiger partial charge in [0.05, 0.1) is 16.3 Å². The van der Waals surface area contributed by atoms with Gasteiger partial charge in [-0.2, -0.15) is 35.8 Å². The van der Waals surface area contributed by atoms with Crippen molar-refractivity contribution in [2.24, 2.45) is 5.10 Å². The van der Waals surface area contributed by atoms with E-state index in [4.69, 9.17) is 23.2 Å². The van der Waals surface area contributed by atoms with Crippen LogP contribution in [0.25, 0.3) is 10.8 Å². The monoisotopic (exact) mass is 528 g/mol. The zero-order chi connectivity index (χ0) is 24.4. The summed E-state index contributed by atoms with van der Waals surface area (Å²) in [4.78, 5) is 0.815. The maximum Gasteiger partial charge on any atom is 0.462 e. The lowest BCUT2D eigenvalue weighted by molar-refractivity contribution is -0.361. The first-order chi connectivity index (χ1) is 15.3. The van der Waals surface area contributed by atoms with Crippen LogP contribution in [0.4, 0.5) is 30.7 Å². The summed E-state index contributed by atoms with van der Waals surface area (Å²) < 4.78 is 89.4. The fourth-order valence-electron chi connectivity index (χ4n) is 2.75. The molecule has 0 fully saturated rings. The average molecular weight is 529 g/mol. The van der Waals surface area contributed by atoms with Gasteiger partial charge in [-0.3, -0.25) is 0 Å². The molecule has 0 bridgehead atoms. The summed E-state index contributed by atoms with van der Waals surface area (Å²) in [5.41, 5.74) is 1.77. The number of nitrogens with one attached hydrogen (secondary N) is 1. The molecule has 0 aromatic heterocycles. The molecule has 2 nitrogen and oxygen atoms in total. The number of thioether (sulfide) groups is 1. The Morgan fingerprint density at radius 1 is 0.848 bits per heavy atom. The molecule has 0 heterocycles. The minimum absolute atomic E-state index is 0.239. The highest BCUT2D eigenvalue weighted by atomic mass is 35.5. The minimum Gasteiger partial charge on any atom is -0.242 e. The molecule has 0 amide bonds. The van der Waals surface area contributed by atoms with Crippen LogP contribution in [-0.4, -0.2) is 24.4 Å². The van der Waals surface area contributed by atoms with Gasteiger partial charge in [-0.05, 0) is 34.5 Å². The highest BCUT2D eigenvalue weighted by molar-refractivity contribution is 7.98. The number of hydrazone groups is 1. The van der Waals surface area contributed by atoms with Gasteiger partial charge in [-0.15, -0.1) is 11.8 Å². The molecule has 0 aliphatic carbocycles. The van der Waals surface area contributed by atoms with E-state index in [2.05, 4.69) is 5.10 Å². The molecule has 0 radical (unpaired) electrons. The lowest BCUT2D eigenvalue weighted by atomic mass is 10.1. The maximum atomic E-state index is 13.4. The van der Waals surface area contributed by atoms with Crippen LogP contribution in [0.3, 0.4) is 0 Å². The summed E-state index contributed by atoms with van der Waals surface area (Å²) in [5, 5.41) is 5.02. The van der Waals surface area contributed by atoms with E-state index in [1.807, 2.05) is 6.07 Å². The number of hydrogen-bond acceptors (Lipinski definition) is 3. The van der Waals surface area contributed by atoms with Gasteiger partial charge < -0.3 is 0 Å². The van der Waals surface area contributed by atoms with Gasteiger partial charge in [0.2, 0.25) is 0 Å². The Balaban J connectivity index is 1.82. The van der Waals surface area contributed by atoms with Crippen LogP contribution >= 0.6 is 35.0 Å². The standard InChI is InChI=1S/C21H13Cl2F7N2S/c22-16-7-5-12(9-17(16)23)11-33-18-8-6-13(14-3-1-2-4-15(14)18)10-31-32-21(29,30)19(24,25)20(26,27)28/h1-10,32H,11H2/b31-10+. The average Bonchev–Trinajstić information content (AvgIpc) is 2.74. The molecule has 0 aliphatic rings. The maximum absolute atomic E-state index is 13.4. The van der Waals surface area contributed by atoms with Gasteiger partial charge >= 0.3 is 18.1 Å². The number of benzene rings is 3. The van der Waals surface area contributed by atoms with E-state index < -0.39 is 18.1 Å². The summed E-state index contributed by atoms with van der Waals surface area (Å²) in [5.74, 6) is -5.76. The molecule has 12 heteroatoms. The zero-order valence-corrected chi connectivity index (χ0v) is 18.6. The number of rotatable bonds is 7. The number of halogens is 9. The molecule has 33 heavy (non-hydrogen) atoms. The second-order valence-corrected chi connectivity index (χ2v) is 8.58. The fourth-order valence-corrected chi connectivity index (χ4v) is 4.07. The van der Waals surface area contributed by atoms with E-state index in [1.54, 1.807) is 42.5 Å². The predicted octanol–water partition coefficient (Wildman–Crippen LogP) is 8.15. The van der Waals surface area contributed by atoms with Crippen molar-refractivity contribution in [2.75, 3.05) is 0 Å². The zero-order valence-electron chi connectivity index (χ0n) is 16.2. The number of fused-ring (bicyclic) bond motifs is 1. The summed E-state index contributed by atoms with van der Waals surface area (Å²) in [6.07, 6.45) is -5.69. The van der Waals surface area contributed by atoms with Gasteiger partial charge in [-0.1, -0.05) is 59.6 Å². The summed E-state index contributed by atoms with van der Waals surface area (Å²) >= 11 is 13.4. The van der Waals surface area contributed by atoms with Crippen molar-refractivity contribution < 1.29 is 30.7 Å². The van der Waals surface area contributed by atoms with Crippen molar-refractivity contribution in [1.29, 1.82) is 0 Å². The largest absolute Gasteiger partial charge is 0.462 e. The van der Waals surface area contributed by atoms with E-state index in [1.165, 1.54) is 17.8 Å². The van der Waals surface area contributed by atoms with Crippen LogP contribution < -0.4 is 5.43 Å². The van der Waals surface area contributed by atoms with Crippen LogP contribution in [0, 0.1) is 0 Å². The molecule has 0 aliphatic heterocycles. The van der Waals surface area contributed by atoms with Crippen LogP contribution in [0.5, 0.6) is 0 Å². The molecular formula is C21H13Cl2F7N2S. The quantitative estimate of drug-likeness (QED) is 0.110. The first-order valence-corrected chi connectivity index (χ1v) is 10.8. The van der Waals surface area contributed by atoms with Gasteiger partial charge in [0, 0.05) is 16.2 Å². The Morgan fingerprint density at radius 2 is 1.52 bits per heavy atom. The van der Waals surface area contributed by atoms with Crippen molar-refractivity contribution >= 4 is 52.0 Å². The Labute approximate surface area is 197 Å². The molecule has 0 saturated heterocycles. The van der Waals surface area contributed by atoms with Crippen molar-refractivity contribution in [2.45, 2.75) is 28.8 Å². The van der Waals surface area contributed by atoms with Gasteiger partial charge in [0.1, 0.15) is 0 Å². The first-order valence-electron chi connectivity index (χ1n) is 9.04. The molecule has 0 spiro atoms. The lowest BCUT2D eigenvalue weighted by Gasteiger charge is -2.27. The van der Waals surface area contributed by atoms with Gasteiger partial charge in [0.25, 0.3) is 0 Å². The van der Waals surface area contributed by atoms with Crippen LogP contribution in [-0.2, 0) is 5.75 Å². The third kappa shape index (κ3) is 5.50. The number of alkyl halides is 7. The lowest BCUT2D eigenvalue weighted by Crippen LogP contribution is -2.58. The molecule has 0 atom stereocenters. The van der Waals surface area contributed by atoms with E-state index in [9.17, 15) is 30.7 Å². The topological polar surface area (TPSA) is 24.4 Å². The van der Waals surface area contributed by atoms with Crippen LogP contribution in [0.15, 0.2) is 64.6 Å². The highest BCUT2D eigenvalue weighted by Crippen LogP contribution is 2.45. The summed E-state index contributed by atoms with van der Waals surface area (Å²) in [6.45, 7) is 0. The molecular weight excluding hydrogens is 516 g/mol. The Hall–Kier alpha value is -2.17.